The summed E-state index contributed by atoms with van der Waals surface area (Å²) in [5.74, 6) is -0.922. The van der Waals surface area contributed by atoms with Gasteiger partial charge >= 0.3 is 0 Å². The van der Waals surface area contributed by atoms with Crippen LogP contribution >= 0.6 is 0 Å². The highest BCUT2D eigenvalue weighted by atomic mass is 16.4. The van der Waals surface area contributed by atoms with E-state index in [1.54, 1.807) is 0 Å². The van der Waals surface area contributed by atoms with Gasteiger partial charge in [-0.3, -0.25) is 0 Å². The molecule has 0 heterocycles. The Labute approximate surface area is 112 Å². The van der Waals surface area contributed by atoms with Crippen molar-refractivity contribution in [2.24, 2.45) is 0 Å². The molecule has 0 rings (SSSR count). The molecule has 0 aliphatic heterocycles. The number of unbranched alkanes of at least 4 members (excludes halogenated alkanes) is 6. The molecule has 0 atom stereocenters. The van der Waals surface area contributed by atoms with E-state index >= 15 is 0 Å². The van der Waals surface area contributed by atoms with Crippen molar-refractivity contribution in [3.05, 3.63) is 24.3 Å². The summed E-state index contributed by atoms with van der Waals surface area (Å²) in [5.41, 5.74) is 0. The fraction of sp³-hybridized carbons (Fsp3) is 0.688. The monoisotopic (exact) mass is 251 g/mol. The molecule has 0 aromatic heterocycles. The Bertz CT molecular complexity index is 241. The highest BCUT2D eigenvalue weighted by Crippen LogP contribution is 2.07. The predicted octanol–water partition coefficient (Wildman–Crippen LogP) is 3.77. The molecule has 0 radical (unpaired) electrons. The first-order chi connectivity index (χ1) is 8.77. The molecule has 2 nitrogen and oxygen atoms in total. The van der Waals surface area contributed by atoms with Gasteiger partial charge in [-0.1, -0.05) is 56.9 Å². The van der Waals surface area contributed by atoms with Crippen molar-refractivity contribution >= 4 is 5.97 Å². The van der Waals surface area contributed by atoms with Crippen molar-refractivity contribution in [3.8, 4) is 0 Å². The summed E-state index contributed by atoms with van der Waals surface area (Å²) >= 11 is 0. The third kappa shape index (κ3) is 14.9. The van der Waals surface area contributed by atoms with Crippen LogP contribution in [0.2, 0.25) is 0 Å². The van der Waals surface area contributed by atoms with E-state index in [1.807, 2.05) is 0 Å². The third-order valence-electron chi connectivity index (χ3n) is 2.81. The van der Waals surface area contributed by atoms with Crippen LogP contribution in [0.1, 0.15) is 71.1 Å². The zero-order valence-corrected chi connectivity index (χ0v) is 11.7. The number of aliphatic carboxylic acids is 1. The predicted molar refractivity (Wildman–Crippen MR) is 75.1 cm³/mol. The number of hydrogen-bond acceptors (Lipinski definition) is 2. The number of hydrogen-bond donors (Lipinski definition) is 0. The van der Waals surface area contributed by atoms with E-state index in [2.05, 4.69) is 31.2 Å². The van der Waals surface area contributed by atoms with Gasteiger partial charge in [0.1, 0.15) is 0 Å². The second-order valence-corrected chi connectivity index (χ2v) is 4.65. The van der Waals surface area contributed by atoms with Crippen LogP contribution in [0.25, 0.3) is 0 Å². The minimum absolute atomic E-state index is 0.212. The maximum absolute atomic E-state index is 10.2. The molecule has 0 saturated carbocycles. The average molecular weight is 251 g/mol. The molecule has 2 heteroatoms. The molecule has 0 aliphatic carbocycles. The molecule has 104 valence electrons. The largest absolute Gasteiger partial charge is 0.550 e. The maximum atomic E-state index is 10.2. The van der Waals surface area contributed by atoms with Crippen molar-refractivity contribution < 1.29 is 9.90 Å². The molecule has 0 amide bonds. The number of carboxylic acids is 1. The van der Waals surface area contributed by atoms with Gasteiger partial charge in [-0.2, -0.15) is 0 Å². The second kappa shape index (κ2) is 14.0. The number of carbonyl (C=O) groups excluding carboxylic acids is 1. The minimum Gasteiger partial charge on any atom is -0.550 e. The normalized spacial score (nSPS) is 11.6. The van der Waals surface area contributed by atoms with Gasteiger partial charge in [-0.15, -0.1) is 0 Å². The standard InChI is InChI=1S/C16H28O2/c1-2-3-4-5-6-7-8-9-10-11-12-13-14-15-16(17)18/h4-5,7-8H,2-3,6,9-15H2,1H3,(H,17,18)/p-1/b5-4-,8-7-. The van der Waals surface area contributed by atoms with Crippen molar-refractivity contribution in [1.82, 2.24) is 0 Å². The minimum atomic E-state index is -0.922. The molecular formula is C16H27O2-. The lowest BCUT2D eigenvalue weighted by Gasteiger charge is -2.01. The second-order valence-electron chi connectivity index (χ2n) is 4.65. The van der Waals surface area contributed by atoms with E-state index in [0.717, 1.165) is 32.1 Å². The summed E-state index contributed by atoms with van der Waals surface area (Å²) < 4.78 is 0. The average Bonchev–Trinajstić information content (AvgIpc) is 2.34. The Hall–Kier alpha value is -1.05. The first-order valence-electron chi connectivity index (χ1n) is 7.27. The molecule has 0 saturated heterocycles. The zero-order chi connectivity index (χ0) is 13.5. The van der Waals surface area contributed by atoms with Crippen LogP contribution < -0.4 is 5.11 Å². The molecule has 0 unspecified atom stereocenters. The Balaban J connectivity index is 3.15. The van der Waals surface area contributed by atoms with E-state index < -0.39 is 5.97 Å². The summed E-state index contributed by atoms with van der Waals surface area (Å²) in [6.45, 7) is 2.19. The molecule has 18 heavy (non-hydrogen) atoms. The Morgan fingerprint density at radius 3 is 2.17 bits per heavy atom. The Morgan fingerprint density at radius 2 is 1.50 bits per heavy atom. The lowest BCUT2D eigenvalue weighted by molar-refractivity contribution is -0.305. The molecule has 0 N–H and O–H groups in total. The number of carbonyl (C=O) groups is 1. The number of allylic oxidation sites excluding steroid dienone is 4. The van der Waals surface area contributed by atoms with Gasteiger partial charge < -0.3 is 9.90 Å². The van der Waals surface area contributed by atoms with Gasteiger partial charge in [0, 0.05) is 5.97 Å². The van der Waals surface area contributed by atoms with Gasteiger partial charge in [0.2, 0.25) is 0 Å². The van der Waals surface area contributed by atoms with Gasteiger partial charge in [-0.05, 0) is 38.5 Å². The van der Waals surface area contributed by atoms with Crippen molar-refractivity contribution in [2.75, 3.05) is 0 Å². The molecule has 0 aliphatic rings. The smallest absolute Gasteiger partial charge is 0.0414 e. The van der Waals surface area contributed by atoms with Crippen LogP contribution in [0, 0.1) is 0 Å². The van der Waals surface area contributed by atoms with Gasteiger partial charge in [0.15, 0.2) is 0 Å². The quantitative estimate of drug-likeness (QED) is 0.391. The molecule has 0 spiro atoms. The summed E-state index contributed by atoms with van der Waals surface area (Å²) in [5, 5.41) is 10.2. The summed E-state index contributed by atoms with van der Waals surface area (Å²) in [6, 6.07) is 0. The van der Waals surface area contributed by atoms with Gasteiger partial charge in [-0.25, -0.2) is 0 Å². The Kier molecular flexibility index (Phi) is 13.2. The first kappa shape index (κ1) is 16.9. The van der Waals surface area contributed by atoms with Crippen LogP contribution in [0.4, 0.5) is 0 Å². The van der Waals surface area contributed by atoms with Gasteiger partial charge in [0.05, 0.1) is 0 Å². The van der Waals surface area contributed by atoms with Crippen LogP contribution in [0.5, 0.6) is 0 Å². The van der Waals surface area contributed by atoms with Crippen molar-refractivity contribution in [2.45, 2.75) is 71.1 Å². The molecule has 0 bridgehead atoms. The maximum Gasteiger partial charge on any atom is 0.0414 e. The van der Waals surface area contributed by atoms with Crippen LogP contribution in [-0.2, 0) is 4.79 Å². The third-order valence-corrected chi connectivity index (χ3v) is 2.81. The van der Waals surface area contributed by atoms with E-state index in [1.165, 1.54) is 25.7 Å². The van der Waals surface area contributed by atoms with E-state index in [4.69, 9.17) is 0 Å². The highest BCUT2D eigenvalue weighted by molar-refractivity contribution is 5.63. The first-order valence-corrected chi connectivity index (χ1v) is 7.27. The fourth-order valence-electron chi connectivity index (χ4n) is 1.74. The zero-order valence-electron chi connectivity index (χ0n) is 11.7. The lowest BCUT2D eigenvalue weighted by Crippen LogP contribution is -2.21. The Morgan fingerprint density at radius 1 is 0.889 bits per heavy atom. The topological polar surface area (TPSA) is 40.1 Å². The van der Waals surface area contributed by atoms with Crippen LogP contribution in [-0.4, -0.2) is 5.97 Å². The van der Waals surface area contributed by atoms with Crippen LogP contribution in [0.15, 0.2) is 24.3 Å². The van der Waals surface area contributed by atoms with Crippen molar-refractivity contribution in [3.63, 3.8) is 0 Å². The molecule has 0 fully saturated rings. The van der Waals surface area contributed by atoms with Crippen LogP contribution in [0.3, 0.4) is 0 Å². The number of carboxylic acid groups (broad SMARTS) is 1. The summed E-state index contributed by atoms with van der Waals surface area (Å²) in [6.07, 6.45) is 19.1. The SMILES string of the molecule is CCC/C=C\C/C=C\CCCCCCCC(=O)[O-]. The number of rotatable bonds is 12. The molecular weight excluding hydrogens is 224 g/mol. The van der Waals surface area contributed by atoms with E-state index in [-0.39, 0.29) is 6.42 Å². The van der Waals surface area contributed by atoms with E-state index in [0.29, 0.717) is 0 Å². The molecule has 0 aromatic rings. The summed E-state index contributed by atoms with van der Waals surface area (Å²) in [7, 11) is 0. The van der Waals surface area contributed by atoms with E-state index in [9.17, 15) is 9.90 Å². The van der Waals surface area contributed by atoms with Gasteiger partial charge in [0.25, 0.3) is 0 Å². The van der Waals surface area contributed by atoms with Crippen molar-refractivity contribution in [1.29, 1.82) is 0 Å². The summed E-state index contributed by atoms with van der Waals surface area (Å²) in [4.78, 5) is 10.2. The molecule has 0 aromatic carbocycles. The highest BCUT2D eigenvalue weighted by Gasteiger charge is 1.90. The lowest BCUT2D eigenvalue weighted by atomic mass is 10.1. The fourth-order valence-corrected chi connectivity index (χ4v) is 1.74.